The van der Waals surface area contributed by atoms with Crippen molar-refractivity contribution in [2.24, 2.45) is 0 Å². The quantitative estimate of drug-likeness (QED) is 0.753. The molecule has 4 rings (SSSR count). The van der Waals surface area contributed by atoms with Crippen molar-refractivity contribution >= 4 is 24.0 Å². The molecule has 0 saturated heterocycles. The molecule has 0 bridgehead atoms. The zero-order valence-electron chi connectivity index (χ0n) is 14.7. The molecule has 6 nitrogen and oxygen atoms in total. The van der Waals surface area contributed by atoms with Crippen LogP contribution in [0.4, 0.5) is 5.69 Å². The lowest BCUT2D eigenvalue weighted by Gasteiger charge is -2.26. The second-order valence-electron chi connectivity index (χ2n) is 7.14. The number of benzene rings is 1. The Morgan fingerprint density at radius 2 is 2.15 bits per heavy atom. The average Bonchev–Trinajstić information content (AvgIpc) is 3.34. The summed E-state index contributed by atoms with van der Waals surface area (Å²) in [6.45, 7) is 0. The van der Waals surface area contributed by atoms with Gasteiger partial charge < -0.3 is 15.6 Å². The molecule has 0 spiro atoms. The van der Waals surface area contributed by atoms with Crippen LogP contribution in [0.1, 0.15) is 73.3 Å². The number of carbonyl (C=O) groups excluding carboxylic acids is 1. The molecule has 1 heterocycles. The lowest BCUT2D eigenvalue weighted by molar-refractivity contribution is -0.122. The zero-order valence-corrected chi connectivity index (χ0v) is 15.6. The van der Waals surface area contributed by atoms with Crippen LogP contribution < -0.4 is 11.1 Å². The molecule has 1 aromatic heterocycles. The Hall–Kier alpha value is -2.08. The van der Waals surface area contributed by atoms with Gasteiger partial charge in [0.2, 0.25) is 11.8 Å². The molecule has 3 N–H and O–H groups in total. The van der Waals surface area contributed by atoms with E-state index in [1.807, 2.05) is 18.2 Å². The molecule has 2 aromatic rings. The molecule has 0 radical (unpaired) electrons. The molecule has 1 amide bonds. The molecule has 1 unspecified atom stereocenters. The van der Waals surface area contributed by atoms with Gasteiger partial charge in [-0.3, -0.25) is 4.79 Å². The van der Waals surface area contributed by atoms with E-state index in [0.29, 0.717) is 24.7 Å². The first-order valence-electron chi connectivity index (χ1n) is 9.19. The summed E-state index contributed by atoms with van der Waals surface area (Å²) in [6.07, 6.45) is 7.27. The van der Waals surface area contributed by atoms with E-state index in [1.54, 1.807) is 0 Å². The van der Waals surface area contributed by atoms with Crippen molar-refractivity contribution in [2.45, 2.75) is 63.3 Å². The first kappa shape index (κ1) is 18.7. The van der Waals surface area contributed by atoms with E-state index in [0.717, 1.165) is 50.0 Å². The van der Waals surface area contributed by atoms with Gasteiger partial charge in [0.1, 0.15) is 0 Å². The number of rotatable bonds is 6. The number of halogens is 1. The standard InChI is InChI=1S/C19H24N4O2.ClH/c20-14-9-10-15-13(11-14)3-1-4-16(15)21-17(24)5-2-6-18-22-19(23-25-18)12-7-8-12;/h9-12,16H,1-8,20H2,(H,21,24);1H. The van der Waals surface area contributed by atoms with Gasteiger partial charge in [-0.05, 0) is 61.8 Å². The smallest absolute Gasteiger partial charge is 0.226 e. The topological polar surface area (TPSA) is 94.0 Å². The van der Waals surface area contributed by atoms with Crippen LogP contribution in [0.15, 0.2) is 22.7 Å². The fraction of sp³-hybridized carbons (Fsp3) is 0.526. The Bertz CT molecular complexity index is 773. The minimum absolute atomic E-state index is 0. The van der Waals surface area contributed by atoms with Gasteiger partial charge in [-0.15, -0.1) is 12.4 Å². The number of carbonyl (C=O) groups is 1. The van der Waals surface area contributed by atoms with Gasteiger partial charge in [-0.2, -0.15) is 4.98 Å². The number of nitrogen functional groups attached to an aromatic ring is 1. The van der Waals surface area contributed by atoms with Crippen molar-refractivity contribution in [1.29, 1.82) is 0 Å². The summed E-state index contributed by atoms with van der Waals surface area (Å²) in [7, 11) is 0. The molecule has 7 heteroatoms. The van der Waals surface area contributed by atoms with Crippen LogP contribution in [0.5, 0.6) is 0 Å². The predicted octanol–water partition coefficient (Wildman–Crippen LogP) is 3.47. The van der Waals surface area contributed by atoms with Gasteiger partial charge >= 0.3 is 0 Å². The highest BCUT2D eigenvalue weighted by atomic mass is 35.5. The fourth-order valence-electron chi connectivity index (χ4n) is 3.53. The van der Waals surface area contributed by atoms with Gasteiger partial charge in [0.05, 0.1) is 6.04 Å². The third kappa shape index (κ3) is 4.36. The van der Waals surface area contributed by atoms with Crippen molar-refractivity contribution in [3.05, 3.63) is 41.0 Å². The summed E-state index contributed by atoms with van der Waals surface area (Å²) in [6, 6.07) is 6.09. The maximum atomic E-state index is 12.3. The van der Waals surface area contributed by atoms with Crippen LogP contribution in [0, 0.1) is 0 Å². The maximum Gasteiger partial charge on any atom is 0.226 e. The van der Waals surface area contributed by atoms with E-state index in [-0.39, 0.29) is 24.4 Å². The number of nitrogens with two attached hydrogens (primary N) is 1. The van der Waals surface area contributed by atoms with E-state index < -0.39 is 0 Å². The number of hydrogen-bond donors (Lipinski definition) is 2. The predicted molar refractivity (Wildman–Crippen MR) is 101 cm³/mol. The number of aryl methyl sites for hydroxylation is 2. The molecule has 2 aliphatic rings. The van der Waals surface area contributed by atoms with Gasteiger partial charge in [0.15, 0.2) is 5.82 Å². The van der Waals surface area contributed by atoms with Gasteiger partial charge in [-0.25, -0.2) is 0 Å². The Morgan fingerprint density at radius 3 is 2.96 bits per heavy atom. The molecular weight excluding hydrogens is 352 g/mol. The number of amides is 1. The minimum atomic E-state index is 0. The number of hydrogen-bond acceptors (Lipinski definition) is 5. The lowest BCUT2D eigenvalue weighted by Crippen LogP contribution is -2.30. The highest BCUT2D eigenvalue weighted by Crippen LogP contribution is 2.38. The third-order valence-electron chi connectivity index (χ3n) is 5.04. The second-order valence-corrected chi connectivity index (χ2v) is 7.14. The lowest BCUT2D eigenvalue weighted by atomic mass is 9.87. The number of aromatic nitrogens is 2. The highest BCUT2D eigenvalue weighted by molar-refractivity contribution is 5.85. The molecule has 0 aliphatic heterocycles. The van der Waals surface area contributed by atoms with Crippen LogP contribution in [-0.4, -0.2) is 16.0 Å². The maximum absolute atomic E-state index is 12.3. The second kappa shape index (κ2) is 8.08. The molecule has 1 saturated carbocycles. The van der Waals surface area contributed by atoms with Crippen LogP contribution in [0.2, 0.25) is 0 Å². The first-order chi connectivity index (χ1) is 12.2. The average molecular weight is 377 g/mol. The molecule has 1 aromatic carbocycles. The number of anilines is 1. The molecule has 2 aliphatic carbocycles. The SMILES string of the molecule is Cl.Nc1ccc2c(c1)CCCC2NC(=O)CCCc1nc(C2CC2)no1. The third-order valence-corrected chi connectivity index (χ3v) is 5.04. The molecular formula is C19H25ClN4O2. The number of fused-ring (bicyclic) bond motifs is 1. The minimum Gasteiger partial charge on any atom is -0.399 e. The van der Waals surface area contributed by atoms with E-state index in [4.69, 9.17) is 10.3 Å². The molecule has 140 valence electrons. The van der Waals surface area contributed by atoms with Gasteiger partial charge in [0, 0.05) is 24.4 Å². The molecule has 26 heavy (non-hydrogen) atoms. The molecule has 1 fully saturated rings. The van der Waals surface area contributed by atoms with E-state index >= 15 is 0 Å². The van der Waals surface area contributed by atoms with Gasteiger partial charge in [-0.1, -0.05) is 11.2 Å². The summed E-state index contributed by atoms with van der Waals surface area (Å²) < 4.78 is 5.25. The van der Waals surface area contributed by atoms with Crippen molar-refractivity contribution in [3.63, 3.8) is 0 Å². The van der Waals surface area contributed by atoms with Crippen LogP contribution in [0.25, 0.3) is 0 Å². The first-order valence-corrected chi connectivity index (χ1v) is 9.19. The highest BCUT2D eigenvalue weighted by Gasteiger charge is 2.28. The Morgan fingerprint density at radius 1 is 1.31 bits per heavy atom. The van der Waals surface area contributed by atoms with Crippen molar-refractivity contribution in [1.82, 2.24) is 15.5 Å². The fourth-order valence-corrected chi connectivity index (χ4v) is 3.53. The van der Waals surface area contributed by atoms with Crippen molar-refractivity contribution < 1.29 is 9.32 Å². The monoisotopic (exact) mass is 376 g/mol. The van der Waals surface area contributed by atoms with Crippen LogP contribution in [-0.2, 0) is 17.6 Å². The van der Waals surface area contributed by atoms with Gasteiger partial charge in [0.25, 0.3) is 0 Å². The largest absolute Gasteiger partial charge is 0.399 e. The summed E-state index contributed by atoms with van der Waals surface area (Å²) in [4.78, 5) is 16.7. The summed E-state index contributed by atoms with van der Waals surface area (Å²) in [5.74, 6) is 2.06. The van der Waals surface area contributed by atoms with Crippen molar-refractivity contribution in [2.75, 3.05) is 5.73 Å². The van der Waals surface area contributed by atoms with Crippen LogP contribution in [0.3, 0.4) is 0 Å². The Labute approximate surface area is 159 Å². The zero-order chi connectivity index (χ0) is 17.2. The summed E-state index contributed by atoms with van der Waals surface area (Å²) >= 11 is 0. The summed E-state index contributed by atoms with van der Waals surface area (Å²) in [5.41, 5.74) is 9.12. The van der Waals surface area contributed by atoms with E-state index in [1.165, 1.54) is 11.1 Å². The summed E-state index contributed by atoms with van der Waals surface area (Å²) in [5, 5.41) is 7.17. The number of nitrogens with zero attached hydrogens (tertiary/aromatic N) is 2. The number of nitrogens with one attached hydrogen (secondary N) is 1. The van der Waals surface area contributed by atoms with E-state index in [2.05, 4.69) is 15.5 Å². The molecule has 1 atom stereocenters. The normalized spacial score (nSPS) is 18.7. The van der Waals surface area contributed by atoms with E-state index in [9.17, 15) is 4.79 Å². The van der Waals surface area contributed by atoms with Crippen LogP contribution >= 0.6 is 12.4 Å². The Kier molecular flexibility index (Phi) is 5.81. The Balaban J connectivity index is 0.00000196. The van der Waals surface area contributed by atoms with Crippen molar-refractivity contribution in [3.8, 4) is 0 Å².